The molecule has 32 heavy (non-hydrogen) atoms. The van der Waals surface area contributed by atoms with Crippen molar-refractivity contribution in [3.8, 4) is 6.07 Å². The number of hydrogen-bond acceptors (Lipinski definition) is 7. The van der Waals surface area contributed by atoms with Crippen LogP contribution in [0, 0.1) is 11.3 Å². The Kier molecular flexibility index (Phi) is 7.14. The predicted octanol–water partition coefficient (Wildman–Crippen LogP) is 4.65. The van der Waals surface area contributed by atoms with Crippen molar-refractivity contribution in [2.45, 2.75) is 5.92 Å². The van der Waals surface area contributed by atoms with Crippen molar-refractivity contribution in [3.63, 3.8) is 0 Å². The van der Waals surface area contributed by atoms with Gasteiger partial charge in [-0.15, -0.1) is 0 Å². The normalized spacial score (nSPS) is 16.0. The molecule has 0 saturated heterocycles. The lowest BCUT2D eigenvalue weighted by Crippen LogP contribution is -2.41. The van der Waals surface area contributed by atoms with E-state index in [9.17, 15) is 14.9 Å². The smallest absolute Gasteiger partial charge is 0.355 e. The fourth-order valence-electron chi connectivity index (χ4n) is 3.47. The van der Waals surface area contributed by atoms with Crippen LogP contribution in [0.4, 0.5) is 5.69 Å². The zero-order valence-corrected chi connectivity index (χ0v) is 20.0. The van der Waals surface area contributed by atoms with E-state index in [1.165, 1.54) is 18.1 Å². The van der Waals surface area contributed by atoms with E-state index in [0.29, 0.717) is 10.0 Å². The van der Waals surface area contributed by atoms with Gasteiger partial charge in [0.15, 0.2) is 0 Å². The number of methoxy groups -OCH3 is 2. The summed E-state index contributed by atoms with van der Waals surface area (Å²) < 4.78 is 10.4. The zero-order chi connectivity index (χ0) is 23.6. The van der Waals surface area contributed by atoms with Gasteiger partial charge >= 0.3 is 11.9 Å². The first-order valence-electron chi connectivity index (χ1n) is 9.06. The third kappa shape index (κ3) is 4.07. The van der Waals surface area contributed by atoms with Gasteiger partial charge in [0, 0.05) is 9.50 Å². The average molecular weight is 537 g/mol. The van der Waals surface area contributed by atoms with Crippen LogP contribution in [-0.4, -0.2) is 26.2 Å². The first-order valence-corrected chi connectivity index (χ1v) is 10.6. The Morgan fingerprint density at radius 2 is 1.75 bits per heavy atom. The molecule has 164 valence electrons. The Morgan fingerprint density at radius 1 is 1.12 bits per heavy atom. The number of ether oxygens (including phenoxy) is 2. The fourth-order valence-corrected chi connectivity index (χ4v) is 4.46. The Morgan fingerprint density at radius 3 is 2.31 bits per heavy atom. The molecule has 0 spiro atoms. The Hall–Kier alpha value is -2.99. The van der Waals surface area contributed by atoms with E-state index in [1.54, 1.807) is 36.4 Å². The van der Waals surface area contributed by atoms with Crippen LogP contribution in [0.15, 0.2) is 69.6 Å². The number of halogens is 3. The monoisotopic (exact) mass is 535 g/mol. The lowest BCUT2D eigenvalue weighted by atomic mass is 9.81. The molecule has 2 N–H and O–H groups in total. The maximum absolute atomic E-state index is 13.0. The fraction of sp³-hybridized carbons (Fsp3) is 0.136. The van der Waals surface area contributed by atoms with Crippen LogP contribution in [0.25, 0.3) is 0 Å². The molecule has 0 fully saturated rings. The molecule has 0 bridgehead atoms. The molecule has 0 saturated carbocycles. The van der Waals surface area contributed by atoms with Gasteiger partial charge in [0.2, 0.25) is 0 Å². The molecule has 3 rings (SSSR count). The summed E-state index contributed by atoms with van der Waals surface area (Å²) in [6.45, 7) is 0. The van der Waals surface area contributed by atoms with E-state index in [2.05, 4.69) is 22.0 Å². The summed E-state index contributed by atoms with van der Waals surface area (Å²) >= 11 is 16.0. The number of allylic oxidation sites excluding steroid dienone is 1. The molecule has 2 aromatic rings. The molecular formula is C22H16BrCl2N3O4. The van der Waals surface area contributed by atoms with Gasteiger partial charge in [-0.1, -0.05) is 53.5 Å². The number of benzene rings is 2. The zero-order valence-electron chi connectivity index (χ0n) is 16.9. The number of carbonyl (C=O) groups excluding carboxylic acids is 2. The highest BCUT2D eigenvalue weighted by molar-refractivity contribution is 9.10. The van der Waals surface area contributed by atoms with Crippen molar-refractivity contribution in [3.05, 3.63) is 85.2 Å². The lowest BCUT2D eigenvalue weighted by Gasteiger charge is -2.36. The van der Waals surface area contributed by atoms with Crippen LogP contribution in [0.3, 0.4) is 0 Å². The highest BCUT2D eigenvalue weighted by Crippen LogP contribution is 2.46. The number of anilines is 1. The highest BCUT2D eigenvalue weighted by Gasteiger charge is 2.43. The van der Waals surface area contributed by atoms with Crippen LogP contribution >= 0.6 is 39.1 Å². The first kappa shape index (κ1) is 23.7. The first-order chi connectivity index (χ1) is 15.3. The Bertz CT molecular complexity index is 1210. The van der Waals surface area contributed by atoms with Crippen molar-refractivity contribution in [1.82, 2.24) is 0 Å². The van der Waals surface area contributed by atoms with E-state index in [1.807, 2.05) is 0 Å². The van der Waals surface area contributed by atoms with Gasteiger partial charge in [-0.05, 0) is 33.6 Å². The molecule has 1 heterocycles. The number of rotatable bonds is 4. The van der Waals surface area contributed by atoms with Crippen LogP contribution in [0.2, 0.25) is 10.0 Å². The summed E-state index contributed by atoms with van der Waals surface area (Å²) in [4.78, 5) is 27.2. The number of nitrogens with zero attached hydrogens (tertiary/aromatic N) is 2. The Labute approximate surface area is 202 Å². The number of carbonyl (C=O) groups is 2. The number of esters is 2. The van der Waals surface area contributed by atoms with E-state index in [-0.39, 0.29) is 38.4 Å². The van der Waals surface area contributed by atoms with Crippen molar-refractivity contribution >= 4 is 56.8 Å². The second kappa shape index (κ2) is 9.65. The van der Waals surface area contributed by atoms with E-state index < -0.39 is 17.9 Å². The van der Waals surface area contributed by atoms with Crippen molar-refractivity contribution in [1.29, 1.82) is 5.26 Å². The van der Waals surface area contributed by atoms with Gasteiger partial charge in [0.1, 0.15) is 11.5 Å². The van der Waals surface area contributed by atoms with E-state index in [4.69, 9.17) is 38.4 Å². The van der Waals surface area contributed by atoms with E-state index in [0.717, 1.165) is 7.11 Å². The maximum atomic E-state index is 13.0. The molecule has 1 atom stereocenters. The summed E-state index contributed by atoms with van der Waals surface area (Å²) in [7, 11) is 2.34. The van der Waals surface area contributed by atoms with Crippen LogP contribution in [0.1, 0.15) is 11.5 Å². The molecule has 0 amide bonds. The molecule has 1 aliphatic heterocycles. The number of nitriles is 1. The standard InChI is InChI=1S/C22H16BrCl2N3O4/c1-31-21(29)17-16(11-6-4-3-5-7-11)13(10-26)20(27)28(19(17)22(30)32-2)15-9-12(24)8-14(23)18(15)25/h3-9,16H,27H2,1-2H3. The molecule has 0 radical (unpaired) electrons. The van der Waals surface area contributed by atoms with Crippen molar-refractivity contribution < 1.29 is 19.1 Å². The number of hydrogen-bond donors (Lipinski definition) is 1. The van der Waals surface area contributed by atoms with E-state index >= 15 is 0 Å². The molecule has 0 aromatic heterocycles. The summed E-state index contributed by atoms with van der Waals surface area (Å²) in [5.74, 6) is -2.79. The molecular weight excluding hydrogens is 521 g/mol. The Balaban J connectivity index is 2.47. The molecule has 2 aromatic carbocycles. The lowest BCUT2D eigenvalue weighted by molar-refractivity contribution is -0.139. The molecule has 0 aliphatic carbocycles. The van der Waals surface area contributed by atoms with Gasteiger partial charge < -0.3 is 15.2 Å². The minimum Gasteiger partial charge on any atom is -0.466 e. The summed E-state index contributed by atoms with van der Waals surface area (Å²) in [6, 6.07) is 13.8. The molecule has 1 unspecified atom stereocenters. The third-order valence-corrected chi connectivity index (χ3v) is 6.29. The quantitative estimate of drug-likeness (QED) is 0.447. The topological polar surface area (TPSA) is 106 Å². The minimum absolute atomic E-state index is 0.0245. The van der Waals surface area contributed by atoms with Gasteiger partial charge in [0.25, 0.3) is 0 Å². The summed E-state index contributed by atoms with van der Waals surface area (Å²) in [5, 5.41) is 10.4. The number of nitrogens with two attached hydrogens (primary N) is 1. The summed E-state index contributed by atoms with van der Waals surface area (Å²) in [5.41, 5.74) is 6.82. The minimum atomic E-state index is -0.972. The molecule has 7 nitrogen and oxygen atoms in total. The molecule has 10 heteroatoms. The third-order valence-electron chi connectivity index (χ3n) is 4.83. The maximum Gasteiger partial charge on any atom is 0.355 e. The van der Waals surface area contributed by atoms with Crippen LogP contribution in [-0.2, 0) is 19.1 Å². The van der Waals surface area contributed by atoms with Gasteiger partial charge in [0.05, 0.1) is 48.1 Å². The second-order valence-corrected chi connectivity index (χ2v) is 8.22. The largest absolute Gasteiger partial charge is 0.466 e. The van der Waals surface area contributed by atoms with Crippen LogP contribution < -0.4 is 10.6 Å². The van der Waals surface area contributed by atoms with Gasteiger partial charge in [-0.25, -0.2) is 9.59 Å². The van der Waals surface area contributed by atoms with Gasteiger partial charge in [-0.3, -0.25) is 4.90 Å². The SMILES string of the molecule is COC(=O)C1=C(C(=O)OC)N(c2cc(Cl)cc(Br)c2Cl)C(N)=C(C#N)C1c1ccccc1. The summed E-state index contributed by atoms with van der Waals surface area (Å²) in [6.07, 6.45) is 0. The van der Waals surface area contributed by atoms with Gasteiger partial charge in [-0.2, -0.15) is 5.26 Å². The van der Waals surface area contributed by atoms with Crippen molar-refractivity contribution in [2.75, 3.05) is 19.1 Å². The average Bonchev–Trinajstić information content (AvgIpc) is 2.80. The second-order valence-electron chi connectivity index (χ2n) is 6.56. The predicted molar refractivity (Wildman–Crippen MR) is 124 cm³/mol. The van der Waals surface area contributed by atoms with Crippen molar-refractivity contribution in [2.24, 2.45) is 5.73 Å². The molecule has 1 aliphatic rings. The van der Waals surface area contributed by atoms with Crippen LogP contribution in [0.5, 0.6) is 0 Å². The highest BCUT2D eigenvalue weighted by atomic mass is 79.9.